The van der Waals surface area contributed by atoms with Crippen molar-refractivity contribution in [3.8, 4) is 0 Å². The van der Waals surface area contributed by atoms with Crippen LogP contribution in [0.1, 0.15) is 36.2 Å². The zero-order chi connectivity index (χ0) is 13.8. The van der Waals surface area contributed by atoms with Crippen LogP contribution in [-0.2, 0) is 4.79 Å². The van der Waals surface area contributed by atoms with E-state index < -0.39 is 5.97 Å². The molecule has 1 heterocycles. The number of carbonyl (C=O) groups is 2. The number of carboxylic acids is 1. The third-order valence-electron chi connectivity index (χ3n) is 3.42. The molecule has 6 heteroatoms. The predicted octanol–water partition coefficient (Wildman–Crippen LogP) is 2.37. The lowest BCUT2D eigenvalue weighted by molar-refractivity contribution is -0.142. The molecule has 0 radical (unpaired) electrons. The van der Waals surface area contributed by atoms with E-state index in [-0.39, 0.29) is 17.9 Å². The van der Waals surface area contributed by atoms with Crippen molar-refractivity contribution in [2.75, 3.05) is 6.26 Å². The molecule has 1 aliphatic rings. The summed E-state index contributed by atoms with van der Waals surface area (Å²) < 4.78 is 5.35. The monoisotopic (exact) mass is 283 g/mol. The first-order valence-electron chi connectivity index (χ1n) is 6.27. The smallest absolute Gasteiger partial charge is 0.306 e. The largest absolute Gasteiger partial charge is 0.481 e. The fourth-order valence-corrected chi connectivity index (χ4v) is 2.67. The van der Waals surface area contributed by atoms with Crippen molar-refractivity contribution in [1.29, 1.82) is 0 Å². The standard InChI is InChI=1S/C13H17NO4S/c1-19-11-7-6-10(18-11)12(15)14-9-4-2-8(3-5-9)13(16)17/h6-9H,2-5H2,1H3,(H,14,15)(H,16,17). The molecule has 1 saturated carbocycles. The van der Waals surface area contributed by atoms with Gasteiger partial charge in [-0.05, 0) is 44.1 Å². The summed E-state index contributed by atoms with van der Waals surface area (Å²) in [6.45, 7) is 0. The van der Waals surface area contributed by atoms with Crippen LogP contribution in [0.25, 0.3) is 0 Å². The lowest BCUT2D eigenvalue weighted by Crippen LogP contribution is -2.38. The van der Waals surface area contributed by atoms with Gasteiger partial charge in [0.25, 0.3) is 5.91 Å². The summed E-state index contributed by atoms with van der Waals surface area (Å²) in [4.78, 5) is 22.8. The third kappa shape index (κ3) is 3.53. The highest BCUT2D eigenvalue weighted by Crippen LogP contribution is 2.25. The second kappa shape index (κ2) is 6.14. The lowest BCUT2D eigenvalue weighted by Gasteiger charge is -2.26. The highest BCUT2D eigenvalue weighted by Gasteiger charge is 2.27. The van der Waals surface area contributed by atoms with E-state index >= 15 is 0 Å². The number of aliphatic carboxylic acids is 1. The summed E-state index contributed by atoms with van der Waals surface area (Å²) in [5.74, 6) is -0.913. The molecule has 0 bridgehead atoms. The second-order valence-corrected chi connectivity index (χ2v) is 5.49. The molecule has 1 aromatic rings. The second-order valence-electron chi connectivity index (χ2n) is 4.68. The Hall–Kier alpha value is -1.43. The zero-order valence-electron chi connectivity index (χ0n) is 10.7. The fraction of sp³-hybridized carbons (Fsp3) is 0.538. The fourth-order valence-electron chi connectivity index (χ4n) is 2.29. The number of hydrogen-bond donors (Lipinski definition) is 2. The Kier molecular flexibility index (Phi) is 4.52. The van der Waals surface area contributed by atoms with E-state index in [4.69, 9.17) is 9.52 Å². The van der Waals surface area contributed by atoms with Crippen LogP contribution < -0.4 is 5.32 Å². The van der Waals surface area contributed by atoms with E-state index in [1.54, 1.807) is 12.1 Å². The van der Waals surface area contributed by atoms with Gasteiger partial charge in [-0.25, -0.2) is 0 Å². The Labute approximate surface area is 115 Å². The SMILES string of the molecule is CSc1ccc(C(=O)NC2CCC(C(=O)O)CC2)o1. The Balaban J connectivity index is 1.85. The molecule has 0 aromatic carbocycles. The van der Waals surface area contributed by atoms with Crippen LogP contribution in [0.4, 0.5) is 0 Å². The van der Waals surface area contributed by atoms with E-state index in [2.05, 4.69) is 5.32 Å². The summed E-state index contributed by atoms with van der Waals surface area (Å²) in [6.07, 6.45) is 4.54. The molecule has 0 saturated heterocycles. The molecule has 1 fully saturated rings. The van der Waals surface area contributed by atoms with Gasteiger partial charge in [0.2, 0.25) is 0 Å². The molecule has 0 spiro atoms. The molecular weight excluding hydrogens is 266 g/mol. The first-order chi connectivity index (χ1) is 9.10. The maximum atomic E-state index is 11.9. The normalized spacial score (nSPS) is 23.0. The van der Waals surface area contributed by atoms with Gasteiger partial charge in [0.15, 0.2) is 10.9 Å². The van der Waals surface area contributed by atoms with E-state index in [0.29, 0.717) is 36.5 Å². The average Bonchev–Trinajstić information content (AvgIpc) is 2.88. The highest BCUT2D eigenvalue weighted by molar-refractivity contribution is 7.98. The van der Waals surface area contributed by atoms with Gasteiger partial charge in [-0.3, -0.25) is 9.59 Å². The first-order valence-corrected chi connectivity index (χ1v) is 7.50. The molecule has 0 atom stereocenters. The van der Waals surface area contributed by atoms with Crippen molar-refractivity contribution in [3.05, 3.63) is 17.9 Å². The van der Waals surface area contributed by atoms with Gasteiger partial charge in [0.1, 0.15) is 0 Å². The van der Waals surface area contributed by atoms with Crippen molar-refractivity contribution in [1.82, 2.24) is 5.32 Å². The summed E-state index contributed by atoms with van der Waals surface area (Å²) in [5, 5.41) is 12.5. The summed E-state index contributed by atoms with van der Waals surface area (Å²) in [7, 11) is 0. The minimum atomic E-state index is -0.736. The summed E-state index contributed by atoms with van der Waals surface area (Å²) in [5.41, 5.74) is 0. The van der Waals surface area contributed by atoms with E-state index in [1.807, 2.05) is 6.26 Å². The minimum absolute atomic E-state index is 0.0472. The van der Waals surface area contributed by atoms with Gasteiger partial charge in [0.05, 0.1) is 5.92 Å². The average molecular weight is 283 g/mol. The molecule has 1 amide bonds. The van der Waals surface area contributed by atoms with Crippen LogP contribution in [0, 0.1) is 5.92 Å². The topological polar surface area (TPSA) is 79.5 Å². The summed E-state index contributed by atoms with van der Waals surface area (Å²) >= 11 is 1.44. The molecule has 1 aliphatic carbocycles. The van der Waals surface area contributed by atoms with Gasteiger partial charge < -0.3 is 14.8 Å². The molecule has 104 valence electrons. The number of hydrogen-bond acceptors (Lipinski definition) is 4. The third-order valence-corrected chi connectivity index (χ3v) is 4.04. The van der Waals surface area contributed by atoms with Crippen LogP contribution in [0.2, 0.25) is 0 Å². The van der Waals surface area contributed by atoms with Gasteiger partial charge in [0, 0.05) is 6.04 Å². The molecule has 0 unspecified atom stereocenters. The summed E-state index contributed by atoms with van der Waals surface area (Å²) in [6, 6.07) is 3.47. The van der Waals surface area contributed by atoms with Crippen molar-refractivity contribution in [2.24, 2.45) is 5.92 Å². The van der Waals surface area contributed by atoms with Crippen molar-refractivity contribution in [2.45, 2.75) is 36.8 Å². The first kappa shape index (κ1) is 14.0. The zero-order valence-corrected chi connectivity index (χ0v) is 11.5. The number of nitrogens with one attached hydrogen (secondary N) is 1. The van der Waals surface area contributed by atoms with E-state index in [0.717, 1.165) is 0 Å². The van der Waals surface area contributed by atoms with Gasteiger partial charge in [-0.1, -0.05) is 11.8 Å². The number of rotatable bonds is 4. The minimum Gasteiger partial charge on any atom is -0.481 e. The Bertz CT molecular complexity index is 463. The molecule has 1 aromatic heterocycles. The molecule has 5 nitrogen and oxygen atoms in total. The molecule has 2 rings (SSSR count). The van der Waals surface area contributed by atoms with Gasteiger partial charge in [-0.15, -0.1) is 0 Å². The molecule has 0 aliphatic heterocycles. The van der Waals surface area contributed by atoms with Crippen molar-refractivity contribution < 1.29 is 19.1 Å². The molecule has 19 heavy (non-hydrogen) atoms. The van der Waals surface area contributed by atoms with Gasteiger partial charge in [-0.2, -0.15) is 0 Å². The number of furan rings is 1. The van der Waals surface area contributed by atoms with Gasteiger partial charge >= 0.3 is 5.97 Å². The maximum Gasteiger partial charge on any atom is 0.306 e. The van der Waals surface area contributed by atoms with Crippen LogP contribution in [0.5, 0.6) is 0 Å². The van der Waals surface area contributed by atoms with Crippen LogP contribution in [0.15, 0.2) is 21.6 Å². The van der Waals surface area contributed by atoms with E-state index in [9.17, 15) is 9.59 Å². The highest BCUT2D eigenvalue weighted by atomic mass is 32.2. The number of carbonyl (C=O) groups excluding carboxylic acids is 1. The predicted molar refractivity (Wildman–Crippen MR) is 71.3 cm³/mol. The Morgan fingerprint density at radius 1 is 1.32 bits per heavy atom. The van der Waals surface area contributed by atoms with Crippen molar-refractivity contribution >= 4 is 23.6 Å². The number of thioether (sulfide) groups is 1. The van der Waals surface area contributed by atoms with Crippen molar-refractivity contribution in [3.63, 3.8) is 0 Å². The number of carboxylic acid groups (broad SMARTS) is 1. The number of amides is 1. The Morgan fingerprint density at radius 2 is 2.00 bits per heavy atom. The maximum absolute atomic E-state index is 11.9. The molecule has 2 N–H and O–H groups in total. The lowest BCUT2D eigenvalue weighted by atomic mass is 9.86. The van der Waals surface area contributed by atoms with Crippen LogP contribution in [0.3, 0.4) is 0 Å². The van der Waals surface area contributed by atoms with Crippen LogP contribution in [-0.4, -0.2) is 29.3 Å². The molecular formula is C13H17NO4S. The quantitative estimate of drug-likeness (QED) is 0.829. The van der Waals surface area contributed by atoms with Crippen LogP contribution >= 0.6 is 11.8 Å². The Morgan fingerprint density at radius 3 is 2.53 bits per heavy atom. The van der Waals surface area contributed by atoms with E-state index in [1.165, 1.54) is 11.8 Å².